The zero-order chi connectivity index (χ0) is 13.5. The number of aromatic hydroxyl groups is 1. The second-order valence-corrected chi connectivity index (χ2v) is 4.23. The number of carboxylic acids is 1. The van der Waals surface area contributed by atoms with Crippen molar-refractivity contribution in [1.29, 1.82) is 0 Å². The summed E-state index contributed by atoms with van der Waals surface area (Å²) in [6, 6.07) is 13.1. The third-order valence-electron chi connectivity index (χ3n) is 3.05. The lowest BCUT2D eigenvalue weighted by atomic mass is 10.0. The van der Waals surface area contributed by atoms with Crippen LogP contribution in [-0.2, 0) is 10.5 Å². The highest BCUT2D eigenvalue weighted by Gasteiger charge is 2.49. The molecule has 1 atom stereocenters. The standard InChI is InChI=1S/C14H11NO4/c16-11-7-3-1-5-9(11)14(13(17)18)15-10-6-2-4-8-12(10)19-14/h1-8,15-16H,(H,17,18). The molecular formula is C14H11NO4. The molecule has 5 nitrogen and oxygen atoms in total. The van der Waals surface area contributed by atoms with Crippen LogP contribution in [0.1, 0.15) is 5.56 Å². The van der Waals surface area contributed by atoms with Gasteiger partial charge in [0.05, 0.1) is 11.3 Å². The molecule has 0 saturated carbocycles. The predicted octanol–water partition coefficient (Wildman–Crippen LogP) is 2.13. The van der Waals surface area contributed by atoms with Gasteiger partial charge in [-0.2, -0.15) is 0 Å². The van der Waals surface area contributed by atoms with Crippen molar-refractivity contribution in [2.24, 2.45) is 0 Å². The minimum Gasteiger partial charge on any atom is -0.507 e. The molecule has 0 spiro atoms. The topological polar surface area (TPSA) is 78.8 Å². The fraction of sp³-hybridized carbons (Fsp3) is 0.0714. The van der Waals surface area contributed by atoms with Gasteiger partial charge in [-0.15, -0.1) is 0 Å². The fourth-order valence-corrected chi connectivity index (χ4v) is 2.14. The van der Waals surface area contributed by atoms with Crippen LogP contribution in [0.2, 0.25) is 0 Å². The Morgan fingerprint density at radius 3 is 2.47 bits per heavy atom. The molecule has 0 bridgehead atoms. The van der Waals surface area contributed by atoms with Crippen LogP contribution in [0.5, 0.6) is 11.5 Å². The van der Waals surface area contributed by atoms with Crippen LogP contribution in [0.25, 0.3) is 0 Å². The molecule has 96 valence electrons. The highest BCUT2D eigenvalue weighted by atomic mass is 16.6. The van der Waals surface area contributed by atoms with Crippen molar-refractivity contribution in [1.82, 2.24) is 0 Å². The van der Waals surface area contributed by atoms with Crippen molar-refractivity contribution in [2.45, 2.75) is 5.72 Å². The van der Waals surface area contributed by atoms with Crippen LogP contribution in [-0.4, -0.2) is 16.2 Å². The van der Waals surface area contributed by atoms with Gasteiger partial charge in [0, 0.05) is 0 Å². The smallest absolute Gasteiger partial charge is 0.375 e. The Balaban J connectivity index is 2.15. The zero-order valence-electron chi connectivity index (χ0n) is 9.83. The number of carboxylic acid groups (broad SMARTS) is 1. The van der Waals surface area contributed by atoms with E-state index >= 15 is 0 Å². The summed E-state index contributed by atoms with van der Waals surface area (Å²) in [6.07, 6.45) is 0. The molecule has 0 saturated heterocycles. The van der Waals surface area contributed by atoms with Crippen LogP contribution in [0.3, 0.4) is 0 Å². The Morgan fingerprint density at radius 2 is 1.79 bits per heavy atom. The van der Waals surface area contributed by atoms with Gasteiger partial charge in [-0.1, -0.05) is 24.3 Å². The number of hydrogen-bond acceptors (Lipinski definition) is 4. The van der Waals surface area contributed by atoms with E-state index in [-0.39, 0.29) is 11.3 Å². The van der Waals surface area contributed by atoms with Crippen molar-refractivity contribution < 1.29 is 19.7 Å². The average molecular weight is 257 g/mol. The number of rotatable bonds is 2. The number of benzene rings is 2. The van der Waals surface area contributed by atoms with Crippen LogP contribution in [0.4, 0.5) is 5.69 Å². The molecule has 1 aliphatic rings. The summed E-state index contributed by atoms with van der Waals surface area (Å²) in [4.78, 5) is 11.6. The number of aliphatic carboxylic acids is 1. The number of para-hydroxylation sites is 3. The lowest BCUT2D eigenvalue weighted by molar-refractivity contribution is -0.152. The average Bonchev–Trinajstić information content (AvgIpc) is 2.79. The number of fused-ring (bicyclic) bond motifs is 1. The third-order valence-corrected chi connectivity index (χ3v) is 3.05. The van der Waals surface area contributed by atoms with Crippen LogP contribution < -0.4 is 10.1 Å². The summed E-state index contributed by atoms with van der Waals surface area (Å²) in [7, 11) is 0. The first-order valence-corrected chi connectivity index (χ1v) is 5.71. The minimum atomic E-state index is -1.80. The molecule has 0 radical (unpaired) electrons. The molecule has 2 aromatic carbocycles. The van der Waals surface area contributed by atoms with E-state index in [4.69, 9.17) is 4.74 Å². The van der Waals surface area contributed by atoms with Gasteiger partial charge < -0.3 is 20.3 Å². The predicted molar refractivity (Wildman–Crippen MR) is 68.1 cm³/mol. The Kier molecular flexibility index (Phi) is 2.35. The summed E-state index contributed by atoms with van der Waals surface area (Å²) in [5.74, 6) is -0.913. The summed E-state index contributed by atoms with van der Waals surface area (Å²) in [6.45, 7) is 0. The number of hydrogen-bond donors (Lipinski definition) is 3. The van der Waals surface area contributed by atoms with E-state index in [0.717, 1.165) is 0 Å². The highest BCUT2D eigenvalue weighted by Crippen LogP contribution is 2.43. The molecule has 1 aliphatic heterocycles. The maximum Gasteiger partial charge on any atom is 0.375 e. The quantitative estimate of drug-likeness (QED) is 0.768. The molecule has 2 aromatic rings. The van der Waals surface area contributed by atoms with E-state index in [1.54, 1.807) is 36.4 Å². The second-order valence-electron chi connectivity index (χ2n) is 4.23. The molecule has 3 rings (SSSR count). The molecule has 1 heterocycles. The number of ether oxygens (including phenoxy) is 1. The van der Waals surface area contributed by atoms with Gasteiger partial charge in [0.2, 0.25) is 0 Å². The summed E-state index contributed by atoms with van der Waals surface area (Å²) >= 11 is 0. The maximum atomic E-state index is 11.6. The van der Waals surface area contributed by atoms with Gasteiger partial charge in [0.15, 0.2) is 0 Å². The summed E-state index contributed by atoms with van der Waals surface area (Å²) in [5.41, 5.74) is -1.05. The van der Waals surface area contributed by atoms with E-state index in [2.05, 4.69) is 5.32 Å². The van der Waals surface area contributed by atoms with Crippen molar-refractivity contribution in [3.05, 3.63) is 54.1 Å². The van der Waals surface area contributed by atoms with Crippen LogP contribution in [0.15, 0.2) is 48.5 Å². The van der Waals surface area contributed by atoms with Gasteiger partial charge in [-0.25, -0.2) is 4.79 Å². The van der Waals surface area contributed by atoms with Gasteiger partial charge in [-0.05, 0) is 24.3 Å². The van der Waals surface area contributed by atoms with E-state index in [9.17, 15) is 15.0 Å². The first-order valence-electron chi connectivity index (χ1n) is 5.71. The molecule has 0 fully saturated rings. The summed E-state index contributed by atoms with van der Waals surface area (Å²) in [5, 5.41) is 22.2. The number of phenols is 1. The lowest BCUT2D eigenvalue weighted by Gasteiger charge is -2.25. The molecule has 0 aliphatic carbocycles. The molecule has 0 aromatic heterocycles. The maximum absolute atomic E-state index is 11.6. The van der Waals surface area contributed by atoms with E-state index in [1.165, 1.54) is 12.1 Å². The number of phenolic OH excluding ortho intramolecular Hbond substituents is 1. The van der Waals surface area contributed by atoms with E-state index < -0.39 is 11.7 Å². The van der Waals surface area contributed by atoms with Gasteiger partial charge >= 0.3 is 11.7 Å². The monoisotopic (exact) mass is 257 g/mol. The second kappa shape index (κ2) is 3.91. The molecular weight excluding hydrogens is 246 g/mol. The largest absolute Gasteiger partial charge is 0.507 e. The van der Waals surface area contributed by atoms with Crippen molar-refractivity contribution in [3.8, 4) is 11.5 Å². The molecule has 0 amide bonds. The van der Waals surface area contributed by atoms with E-state index in [0.29, 0.717) is 11.4 Å². The van der Waals surface area contributed by atoms with Gasteiger partial charge in [-0.3, -0.25) is 0 Å². The first kappa shape index (κ1) is 11.4. The summed E-state index contributed by atoms with van der Waals surface area (Å²) < 4.78 is 5.55. The van der Waals surface area contributed by atoms with Crippen LogP contribution >= 0.6 is 0 Å². The Bertz CT molecular complexity index is 628. The Labute approximate surface area is 109 Å². The van der Waals surface area contributed by atoms with Crippen molar-refractivity contribution in [3.63, 3.8) is 0 Å². The molecule has 19 heavy (non-hydrogen) atoms. The van der Waals surface area contributed by atoms with Crippen molar-refractivity contribution in [2.75, 3.05) is 5.32 Å². The highest BCUT2D eigenvalue weighted by molar-refractivity contribution is 5.87. The Hall–Kier alpha value is -2.69. The minimum absolute atomic E-state index is 0.134. The Morgan fingerprint density at radius 1 is 1.11 bits per heavy atom. The molecule has 1 unspecified atom stereocenters. The van der Waals surface area contributed by atoms with Gasteiger partial charge in [0.1, 0.15) is 11.5 Å². The number of nitrogens with one attached hydrogen (secondary N) is 1. The number of carbonyl (C=O) groups is 1. The van der Waals surface area contributed by atoms with Gasteiger partial charge in [0.25, 0.3) is 0 Å². The normalized spacial score (nSPS) is 20.2. The lowest BCUT2D eigenvalue weighted by Crippen LogP contribution is -2.45. The zero-order valence-corrected chi connectivity index (χ0v) is 9.83. The third kappa shape index (κ3) is 1.59. The molecule has 3 N–H and O–H groups in total. The van der Waals surface area contributed by atoms with Crippen molar-refractivity contribution >= 4 is 11.7 Å². The number of anilines is 1. The fourth-order valence-electron chi connectivity index (χ4n) is 2.14. The van der Waals surface area contributed by atoms with Crippen LogP contribution in [0, 0.1) is 0 Å². The SMILES string of the molecule is O=C(O)C1(c2ccccc2O)Nc2ccccc2O1. The van der Waals surface area contributed by atoms with E-state index in [1.807, 2.05) is 0 Å². The first-order chi connectivity index (χ1) is 9.13. The molecule has 5 heteroatoms.